The summed E-state index contributed by atoms with van der Waals surface area (Å²) in [5, 5.41) is 4.29. The minimum Gasteiger partial charge on any atom is -0.356 e. The van der Waals surface area contributed by atoms with Crippen LogP contribution in [-0.4, -0.2) is 54.8 Å². The molecular formula is C14H18N4O. The van der Waals surface area contributed by atoms with Gasteiger partial charge in [-0.2, -0.15) is 5.10 Å². The number of nitrogens with zero attached hydrogens (tertiary/aromatic N) is 3. The van der Waals surface area contributed by atoms with E-state index in [9.17, 15) is 4.79 Å². The maximum atomic E-state index is 11.9. The van der Waals surface area contributed by atoms with E-state index in [0.717, 1.165) is 49.6 Å². The molecule has 2 heterocycles. The average molecular weight is 258 g/mol. The molecule has 0 unspecified atom stereocenters. The molecule has 1 fully saturated rings. The SMILES string of the molecule is CN1CCN(C2=NNC(=O)c3ccccc3C2)CC1. The first-order chi connectivity index (χ1) is 9.24. The summed E-state index contributed by atoms with van der Waals surface area (Å²) in [5.74, 6) is 0.853. The predicted molar refractivity (Wildman–Crippen MR) is 74.1 cm³/mol. The van der Waals surface area contributed by atoms with Crippen molar-refractivity contribution in [3.63, 3.8) is 0 Å². The molecule has 1 aromatic rings. The van der Waals surface area contributed by atoms with E-state index >= 15 is 0 Å². The van der Waals surface area contributed by atoms with Crippen molar-refractivity contribution in [1.82, 2.24) is 15.2 Å². The van der Waals surface area contributed by atoms with Crippen molar-refractivity contribution >= 4 is 11.7 Å². The first-order valence-electron chi connectivity index (χ1n) is 6.62. The number of hydrazone groups is 1. The van der Waals surface area contributed by atoms with Crippen LogP contribution in [-0.2, 0) is 6.42 Å². The molecule has 5 heteroatoms. The molecule has 0 aliphatic carbocycles. The molecule has 5 nitrogen and oxygen atoms in total. The molecule has 1 aromatic carbocycles. The lowest BCUT2D eigenvalue weighted by Crippen LogP contribution is -2.48. The van der Waals surface area contributed by atoms with Gasteiger partial charge in [0, 0.05) is 38.2 Å². The lowest BCUT2D eigenvalue weighted by molar-refractivity contribution is 0.0954. The average Bonchev–Trinajstić information content (AvgIpc) is 2.60. The molecule has 0 radical (unpaired) electrons. The van der Waals surface area contributed by atoms with Crippen molar-refractivity contribution in [1.29, 1.82) is 0 Å². The third-order valence-electron chi connectivity index (χ3n) is 3.77. The highest BCUT2D eigenvalue weighted by Crippen LogP contribution is 2.15. The molecule has 0 spiro atoms. The molecule has 0 atom stereocenters. The van der Waals surface area contributed by atoms with Crippen LogP contribution in [0.2, 0.25) is 0 Å². The normalized spacial score (nSPS) is 20.4. The third-order valence-corrected chi connectivity index (χ3v) is 3.77. The highest BCUT2D eigenvalue weighted by atomic mass is 16.2. The summed E-state index contributed by atoms with van der Waals surface area (Å²) >= 11 is 0. The molecule has 1 amide bonds. The van der Waals surface area contributed by atoms with Gasteiger partial charge in [0.2, 0.25) is 0 Å². The van der Waals surface area contributed by atoms with Gasteiger partial charge in [-0.25, -0.2) is 5.43 Å². The largest absolute Gasteiger partial charge is 0.356 e. The zero-order chi connectivity index (χ0) is 13.2. The van der Waals surface area contributed by atoms with Crippen molar-refractivity contribution in [3.8, 4) is 0 Å². The van der Waals surface area contributed by atoms with Crippen LogP contribution in [0.25, 0.3) is 0 Å². The summed E-state index contributed by atoms with van der Waals surface area (Å²) in [5.41, 5.74) is 4.44. The summed E-state index contributed by atoms with van der Waals surface area (Å²) < 4.78 is 0. The zero-order valence-corrected chi connectivity index (χ0v) is 11.1. The fourth-order valence-corrected chi connectivity index (χ4v) is 2.53. The highest BCUT2D eigenvalue weighted by molar-refractivity contribution is 6.00. The molecule has 2 aliphatic rings. The van der Waals surface area contributed by atoms with Crippen LogP contribution in [0.15, 0.2) is 29.4 Å². The van der Waals surface area contributed by atoms with Gasteiger partial charge in [0.15, 0.2) is 0 Å². The van der Waals surface area contributed by atoms with Crippen LogP contribution >= 0.6 is 0 Å². The Morgan fingerprint density at radius 2 is 1.89 bits per heavy atom. The summed E-state index contributed by atoms with van der Waals surface area (Å²) in [6, 6.07) is 7.72. The summed E-state index contributed by atoms with van der Waals surface area (Å²) in [6.07, 6.45) is 0.721. The zero-order valence-electron chi connectivity index (χ0n) is 11.1. The first kappa shape index (κ1) is 12.2. The Balaban J connectivity index is 1.83. The Morgan fingerprint density at radius 3 is 2.68 bits per heavy atom. The van der Waals surface area contributed by atoms with Gasteiger partial charge < -0.3 is 9.80 Å². The first-order valence-corrected chi connectivity index (χ1v) is 6.62. The monoisotopic (exact) mass is 258 g/mol. The van der Waals surface area contributed by atoms with E-state index < -0.39 is 0 Å². The summed E-state index contributed by atoms with van der Waals surface area (Å²) in [6.45, 7) is 4.00. The Kier molecular flexibility index (Phi) is 3.21. The maximum Gasteiger partial charge on any atom is 0.271 e. The van der Waals surface area contributed by atoms with Crippen LogP contribution in [0.1, 0.15) is 15.9 Å². The van der Waals surface area contributed by atoms with E-state index in [-0.39, 0.29) is 5.91 Å². The van der Waals surface area contributed by atoms with Gasteiger partial charge in [-0.15, -0.1) is 0 Å². The van der Waals surface area contributed by atoms with Crippen molar-refractivity contribution in [2.45, 2.75) is 6.42 Å². The van der Waals surface area contributed by atoms with Crippen molar-refractivity contribution < 1.29 is 4.79 Å². The smallest absolute Gasteiger partial charge is 0.271 e. The van der Waals surface area contributed by atoms with Gasteiger partial charge in [0.1, 0.15) is 5.84 Å². The number of amidine groups is 1. The molecule has 2 aliphatic heterocycles. The van der Waals surface area contributed by atoms with E-state index in [1.165, 1.54) is 0 Å². The standard InChI is InChI=1S/C14H18N4O/c1-17-6-8-18(9-7-17)13-10-11-4-2-3-5-12(11)14(19)16-15-13/h2-5H,6-10H2,1H3,(H,16,19). The number of fused-ring (bicyclic) bond motifs is 1. The van der Waals surface area contributed by atoms with E-state index in [1.807, 2.05) is 24.3 Å². The van der Waals surface area contributed by atoms with Gasteiger partial charge in [-0.1, -0.05) is 18.2 Å². The number of hydrogen-bond acceptors (Lipinski definition) is 4. The van der Waals surface area contributed by atoms with E-state index in [0.29, 0.717) is 0 Å². The second kappa shape index (κ2) is 5.01. The highest BCUT2D eigenvalue weighted by Gasteiger charge is 2.22. The van der Waals surface area contributed by atoms with Crippen LogP contribution < -0.4 is 5.43 Å². The molecule has 0 saturated carbocycles. The lowest BCUT2D eigenvalue weighted by Gasteiger charge is -2.34. The molecule has 3 rings (SSSR count). The molecule has 100 valence electrons. The second-order valence-electron chi connectivity index (χ2n) is 5.09. The number of nitrogens with one attached hydrogen (secondary N) is 1. The minimum absolute atomic E-state index is 0.111. The van der Waals surface area contributed by atoms with Crippen molar-refractivity contribution in [2.24, 2.45) is 5.10 Å². The van der Waals surface area contributed by atoms with Crippen molar-refractivity contribution in [3.05, 3.63) is 35.4 Å². The van der Waals surface area contributed by atoms with Crippen LogP contribution in [0.4, 0.5) is 0 Å². The van der Waals surface area contributed by atoms with Crippen LogP contribution in [0.5, 0.6) is 0 Å². The van der Waals surface area contributed by atoms with Gasteiger partial charge in [-0.3, -0.25) is 4.79 Å². The topological polar surface area (TPSA) is 47.9 Å². The quantitative estimate of drug-likeness (QED) is 0.738. The molecule has 1 N–H and O–H groups in total. The number of amides is 1. The fourth-order valence-electron chi connectivity index (χ4n) is 2.53. The van der Waals surface area contributed by atoms with Gasteiger partial charge >= 0.3 is 0 Å². The second-order valence-corrected chi connectivity index (χ2v) is 5.09. The number of piperazine rings is 1. The lowest BCUT2D eigenvalue weighted by atomic mass is 10.0. The number of carbonyl (C=O) groups is 1. The van der Waals surface area contributed by atoms with Gasteiger partial charge in [0.25, 0.3) is 5.91 Å². The predicted octanol–water partition coefficient (Wildman–Crippen LogP) is 0.533. The molecule has 0 bridgehead atoms. The number of likely N-dealkylation sites (N-methyl/N-ethyl adjacent to an activating group) is 1. The number of benzene rings is 1. The number of carbonyl (C=O) groups excluding carboxylic acids is 1. The number of rotatable bonds is 0. The Labute approximate surface area is 112 Å². The minimum atomic E-state index is -0.111. The van der Waals surface area contributed by atoms with E-state index in [1.54, 1.807) is 0 Å². The maximum absolute atomic E-state index is 11.9. The summed E-state index contributed by atoms with van der Waals surface area (Å²) in [7, 11) is 2.13. The molecule has 1 saturated heterocycles. The number of hydrogen-bond donors (Lipinski definition) is 1. The fraction of sp³-hybridized carbons (Fsp3) is 0.429. The molecular weight excluding hydrogens is 240 g/mol. The Bertz CT molecular complexity index is 518. The van der Waals surface area contributed by atoms with Crippen LogP contribution in [0.3, 0.4) is 0 Å². The van der Waals surface area contributed by atoms with E-state index in [2.05, 4.69) is 27.4 Å². The van der Waals surface area contributed by atoms with E-state index in [4.69, 9.17) is 0 Å². The van der Waals surface area contributed by atoms with Crippen LogP contribution in [0, 0.1) is 0 Å². The Hall–Kier alpha value is -1.88. The molecule has 0 aromatic heterocycles. The Morgan fingerprint density at radius 1 is 1.16 bits per heavy atom. The van der Waals surface area contributed by atoms with Gasteiger partial charge in [0.05, 0.1) is 0 Å². The molecule has 19 heavy (non-hydrogen) atoms. The van der Waals surface area contributed by atoms with Crippen molar-refractivity contribution in [2.75, 3.05) is 33.2 Å². The third kappa shape index (κ3) is 2.46. The van der Waals surface area contributed by atoms with Gasteiger partial charge in [-0.05, 0) is 18.7 Å². The summed E-state index contributed by atoms with van der Waals surface area (Å²) in [4.78, 5) is 16.5.